The largest absolute Gasteiger partial charge is 0.370 e. The van der Waals surface area contributed by atoms with Crippen LogP contribution in [0.5, 0.6) is 0 Å². The minimum atomic E-state index is -0.343. The molecule has 0 radical (unpaired) electrons. The first-order valence-electron chi connectivity index (χ1n) is 7.67. The molecular weight excluding hydrogens is 240 g/mol. The summed E-state index contributed by atoms with van der Waals surface area (Å²) < 4.78 is 0. The lowest BCUT2D eigenvalue weighted by atomic mass is 10.1. The van der Waals surface area contributed by atoms with E-state index in [1.54, 1.807) is 0 Å². The van der Waals surface area contributed by atoms with Crippen LogP contribution in [0.1, 0.15) is 78.1 Å². The lowest BCUT2D eigenvalue weighted by Gasteiger charge is -2.17. The van der Waals surface area contributed by atoms with Gasteiger partial charge in [-0.3, -0.25) is 9.59 Å². The Kier molecular flexibility index (Phi) is 11.3. The summed E-state index contributed by atoms with van der Waals surface area (Å²) in [6.07, 6.45) is 9.40. The molecule has 0 heterocycles. The number of hydrogen-bond acceptors (Lipinski definition) is 2. The molecule has 0 saturated heterocycles. The van der Waals surface area contributed by atoms with Gasteiger partial charge in [-0.25, -0.2) is 0 Å². The summed E-state index contributed by atoms with van der Waals surface area (Å²) in [6.45, 7) is 4.27. The van der Waals surface area contributed by atoms with Crippen molar-refractivity contribution in [2.24, 2.45) is 5.73 Å². The van der Waals surface area contributed by atoms with Gasteiger partial charge in [0, 0.05) is 18.9 Å². The fraction of sp³-hybridized carbons (Fsp3) is 0.867. The van der Waals surface area contributed by atoms with Gasteiger partial charge >= 0.3 is 0 Å². The molecule has 0 aromatic rings. The van der Waals surface area contributed by atoms with E-state index in [0.717, 1.165) is 32.1 Å². The SMILES string of the molecule is CCCCCCCC(=O)N[C@@H](CCCC)CC(N)=O. The van der Waals surface area contributed by atoms with Crippen LogP contribution in [0.25, 0.3) is 0 Å². The van der Waals surface area contributed by atoms with E-state index in [1.165, 1.54) is 19.3 Å². The second-order valence-corrected chi connectivity index (χ2v) is 5.24. The first-order chi connectivity index (χ1) is 9.10. The van der Waals surface area contributed by atoms with Crippen LogP contribution in [-0.2, 0) is 9.59 Å². The van der Waals surface area contributed by atoms with E-state index >= 15 is 0 Å². The van der Waals surface area contributed by atoms with Crippen molar-refractivity contribution in [2.45, 2.75) is 84.1 Å². The fourth-order valence-corrected chi connectivity index (χ4v) is 2.11. The van der Waals surface area contributed by atoms with Crippen LogP contribution >= 0.6 is 0 Å². The number of hydrogen-bond donors (Lipinski definition) is 2. The summed E-state index contributed by atoms with van der Waals surface area (Å²) in [5, 5.41) is 2.93. The molecule has 0 saturated carbocycles. The zero-order valence-corrected chi connectivity index (χ0v) is 12.5. The Morgan fingerprint density at radius 3 is 2.21 bits per heavy atom. The zero-order valence-electron chi connectivity index (χ0n) is 12.5. The molecule has 0 aliphatic rings. The number of nitrogens with one attached hydrogen (secondary N) is 1. The van der Waals surface area contributed by atoms with Gasteiger partial charge < -0.3 is 11.1 Å². The number of rotatable bonds is 12. The van der Waals surface area contributed by atoms with Gasteiger partial charge in [-0.1, -0.05) is 52.4 Å². The molecule has 4 heteroatoms. The average molecular weight is 270 g/mol. The maximum Gasteiger partial charge on any atom is 0.220 e. The number of primary amides is 1. The maximum absolute atomic E-state index is 11.8. The van der Waals surface area contributed by atoms with Crippen molar-refractivity contribution in [1.29, 1.82) is 0 Å². The summed E-state index contributed by atoms with van der Waals surface area (Å²) in [7, 11) is 0. The number of carbonyl (C=O) groups excluding carboxylic acids is 2. The lowest BCUT2D eigenvalue weighted by molar-refractivity contribution is -0.122. The van der Waals surface area contributed by atoms with Crippen LogP contribution in [0.3, 0.4) is 0 Å². The normalized spacial score (nSPS) is 12.1. The first kappa shape index (κ1) is 17.9. The van der Waals surface area contributed by atoms with E-state index in [0.29, 0.717) is 6.42 Å². The number of amides is 2. The van der Waals surface area contributed by atoms with Crippen molar-refractivity contribution < 1.29 is 9.59 Å². The van der Waals surface area contributed by atoms with Crippen LogP contribution in [0, 0.1) is 0 Å². The average Bonchev–Trinajstić information content (AvgIpc) is 2.35. The van der Waals surface area contributed by atoms with Crippen molar-refractivity contribution >= 4 is 11.8 Å². The van der Waals surface area contributed by atoms with Crippen molar-refractivity contribution in [1.82, 2.24) is 5.32 Å². The van der Waals surface area contributed by atoms with Gasteiger partial charge in [0.25, 0.3) is 0 Å². The molecule has 1 atom stereocenters. The van der Waals surface area contributed by atoms with Gasteiger partial charge in [-0.2, -0.15) is 0 Å². The first-order valence-corrected chi connectivity index (χ1v) is 7.67. The molecule has 0 aromatic heterocycles. The zero-order chi connectivity index (χ0) is 14.5. The third-order valence-electron chi connectivity index (χ3n) is 3.23. The number of carbonyl (C=O) groups is 2. The van der Waals surface area contributed by atoms with Crippen LogP contribution < -0.4 is 11.1 Å². The summed E-state index contributed by atoms with van der Waals surface area (Å²) in [4.78, 5) is 22.7. The van der Waals surface area contributed by atoms with Gasteiger partial charge in [0.15, 0.2) is 0 Å². The van der Waals surface area contributed by atoms with E-state index < -0.39 is 0 Å². The number of nitrogens with two attached hydrogens (primary N) is 1. The van der Waals surface area contributed by atoms with E-state index in [4.69, 9.17) is 5.73 Å². The highest BCUT2D eigenvalue weighted by Crippen LogP contribution is 2.07. The predicted octanol–water partition coefficient (Wildman–Crippen LogP) is 2.90. The Labute approximate surface area is 117 Å². The molecule has 19 heavy (non-hydrogen) atoms. The Balaban J connectivity index is 3.84. The Morgan fingerprint density at radius 1 is 1.00 bits per heavy atom. The predicted molar refractivity (Wildman–Crippen MR) is 78.6 cm³/mol. The summed E-state index contributed by atoms with van der Waals surface area (Å²) >= 11 is 0. The van der Waals surface area contributed by atoms with Crippen molar-refractivity contribution in [3.63, 3.8) is 0 Å². The van der Waals surface area contributed by atoms with Crippen molar-refractivity contribution in [2.75, 3.05) is 0 Å². The van der Waals surface area contributed by atoms with E-state index in [2.05, 4.69) is 19.2 Å². The molecular formula is C15H30N2O2. The number of unbranched alkanes of at least 4 members (excludes halogenated alkanes) is 5. The summed E-state index contributed by atoms with van der Waals surface area (Å²) in [5.41, 5.74) is 5.21. The van der Waals surface area contributed by atoms with Crippen molar-refractivity contribution in [3.8, 4) is 0 Å². The summed E-state index contributed by atoms with van der Waals surface area (Å²) in [5.74, 6) is -0.289. The molecule has 0 unspecified atom stereocenters. The van der Waals surface area contributed by atoms with E-state index in [1.807, 2.05) is 0 Å². The highest BCUT2D eigenvalue weighted by Gasteiger charge is 2.14. The van der Waals surface area contributed by atoms with E-state index in [9.17, 15) is 9.59 Å². The monoisotopic (exact) mass is 270 g/mol. The molecule has 4 nitrogen and oxygen atoms in total. The maximum atomic E-state index is 11.8. The smallest absolute Gasteiger partial charge is 0.220 e. The van der Waals surface area contributed by atoms with Crippen LogP contribution in [-0.4, -0.2) is 17.9 Å². The third-order valence-corrected chi connectivity index (χ3v) is 3.23. The highest BCUT2D eigenvalue weighted by molar-refractivity contribution is 5.78. The van der Waals surface area contributed by atoms with Gasteiger partial charge in [-0.05, 0) is 12.8 Å². The minimum Gasteiger partial charge on any atom is -0.370 e. The molecule has 0 aliphatic carbocycles. The standard InChI is InChI=1S/C15H30N2O2/c1-3-5-7-8-9-11-15(19)17-13(10-6-4-2)12-14(16)18/h13H,3-12H2,1-2H3,(H2,16,18)(H,17,19)/t13-/m0/s1. The molecule has 2 amide bonds. The van der Waals surface area contributed by atoms with E-state index in [-0.39, 0.29) is 24.3 Å². The third kappa shape index (κ3) is 11.7. The summed E-state index contributed by atoms with van der Waals surface area (Å²) in [6, 6.07) is -0.0828. The molecule has 3 N–H and O–H groups in total. The van der Waals surface area contributed by atoms with Crippen molar-refractivity contribution in [3.05, 3.63) is 0 Å². The Hall–Kier alpha value is -1.06. The van der Waals surface area contributed by atoms with Crippen LogP contribution in [0.4, 0.5) is 0 Å². The molecule has 0 fully saturated rings. The van der Waals surface area contributed by atoms with Gasteiger partial charge in [-0.15, -0.1) is 0 Å². The second kappa shape index (κ2) is 12.0. The fourth-order valence-electron chi connectivity index (χ4n) is 2.11. The van der Waals surface area contributed by atoms with Crippen LogP contribution in [0.15, 0.2) is 0 Å². The Morgan fingerprint density at radius 2 is 1.63 bits per heavy atom. The highest BCUT2D eigenvalue weighted by atomic mass is 16.2. The molecule has 0 aliphatic heterocycles. The minimum absolute atomic E-state index is 0.0545. The molecule has 0 aromatic carbocycles. The molecule has 0 rings (SSSR count). The van der Waals surface area contributed by atoms with Gasteiger partial charge in [0.05, 0.1) is 0 Å². The molecule has 0 spiro atoms. The lowest BCUT2D eigenvalue weighted by Crippen LogP contribution is -2.37. The molecule has 0 bridgehead atoms. The van der Waals surface area contributed by atoms with Crippen LogP contribution in [0.2, 0.25) is 0 Å². The van der Waals surface area contributed by atoms with Gasteiger partial charge in [0.2, 0.25) is 11.8 Å². The second-order valence-electron chi connectivity index (χ2n) is 5.24. The topological polar surface area (TPSA) is 72.2 Å². The Bertz CT molecular complexity index is 255. The van der Waals surface area contributed by atoms with Gasteiger partial charge in [0.1, 0.15) is 0 Å². The quantitative estimate of drug-likeness (QED) is 0.535. The molecule has 112 valence electrons.